The third-order valence-electron chi connectivity index (χ3n) is 3.81. The lowest BCUT2D eigenvalue weighted by atomic mass is 10.1. The molecule has 0 aliphatic carbocycles. The van der Waals surface area contributed by atoms with Crippen LogP contribution in [0.1, 0.15) is 30.1 Å². The summed E-state index contributed by atoms with van der Waals surface area (Å²) in [7, 11) is 0. The summed E-state index contributed by atoms with van der Waals surface area (Å²) in [4.78, 5) is 46.9. The van der Waals surface area contributed by atoms with Gasteiger partial charge in [0.2, 0.25) is 5.91 Å². The Bertz CT molecular complexity index is 706. The Kier molecular flexibility index (Phi) is 6.67. The zero-order valence-corrected chi connectivity index (χ0v) is 14.5. The van der Waals surface area contributed by atoms with E-state index in [1.807, 2.05) is 0 Å². The lowest BCUT2D eigenvalue weighted by molar-refractivity contribution is -0.137. The summed E-state index contributed by atoms with van der Waals surface area (Å²) in [6.07, 6.45) is 0.305. The maximum absolute atomic E-state index is 12.2. The number of rotatable bonds is 7. The highest BCUT2D eigenvalue weighted by Gasteiger charge is 2.27. The summed E-state index contributed by atoms with van der Waals surface area (Å²) in [6, 6.07) is 6.40. The molecule has 0 atom stereocenters. The van der Waals surface area contributed by atoms with E-state index in [9.17, 15) is 19.2 Å². The highest BCUT2D eigenvalue weighted by atomic mass is 16.4. The Morgan fingerprint density at radius 1 is 1.35 bits per heavy atom. The minimum absolute atomic E-state index is 0.0243. The molecule has 1 aliphatic heterocycles. The number of hydrogen-bond donors (Lipinski definition) is 3. The molecule has 1 heterocycles. The van der Waals surface area contributed by atoms with Crippen LogP contribution in [0.3, 0.4) is 0 Å². The molecule has 0 bridgehead atoms. The van der Waals surface area contributed by atoms with Crippen LogP contribution in [-0.4, -0.2) is 60.0 Å². The smallest absolute Gasteiger partial charge is 0.303 e. The Hall–Kier alpha value is -2.94. The fourth-order valence-corrected chi connectivity index (χ4v) is 2.62. The number of anilines is 1. The SMILES string of the molecule is CC(=O)N(c1cccc(C(=O)NCCCC(=O)O)c1)N1CCNCC1=O. The van der Waals surface area contributed by atoms with E-state index < -0.39 is 5.97 Å². The van der Waals surface area contributed by atoms with Crippen LogP contribution >= 0.6 is 0 Å². The average Bonchev–Trinajstić information content (AvgIpc) is 2.60. The molecule has 0 aromatic heterocycles. The number of piperazine rings is 1. The quantitative estimate of drug-likeness (QED) is 0.587. The highest BCUT2D eigenvalue weighted by molar-refractivity contribution is 5.99. The van der Waals surface area contributed by atoms with Crippen molar-refractivity contribution in [2.45, 2.75) is 19.8 Å². The van der Waals surface area contributed by atoms with Gasteiger partial charge in [-0.05, 0) is 24.6 Å². The van der Waals surface area contributed by atoms with E-state index in [4.69, 9.17) is 5.11 Å². The molecule has 26 heavy (non-hydrogen) atoms. The molecule has 1 aromatic carbocycles. The van der Waals surface area contributed by atoms with Gasteiger partial charge < -0.3 is 15.7 Å². The molecule has 9 nitrogen and oxygen atoms in total. The largest absolute Gasteiger partial charge is 0.481 e. The van der Waals surface area contributed by atoms with Crippen LogP contribution in [0.5, 0.6) is 0 Å². The summed E-state index contributed by atoms with van der Waals surface area (Å²) in [5.41, 5.74) is 0.748. The van der Waals surface area contributed by atoms with Crippen molar-refractivity contribution in [2.75, 3.05) is 31.2 Å². The highest BCUT2D eigenvalue weighted by Crippen LogP contribution is 2.20. The molecule has 1 aliphatic rings. The number of carbonyl (C=O) groups is 4. The van der Waals surface area contributed by atoms with Gasteiger partial charge in [-0.1, -0.05) is 6.07 Å². The Balaban J connectivity index is 2.12. The first-order valence-electron chi connectivity index (χ1n) is 8.32. The first-order valence-corrected chi connectivity index (χ1v) is 8.32. The van der Waals surface area contributed by atoms with Crippen molar-refractivity contribution in [3.63, 3.8) is 0 Å². The molecule has 2 rings (SSSR count). The molecule has 140 valence electrons. The number of carbonyl (C=O) groups excluding carboxylic acids is 3. The minimum atomic E-state index is -0.918. The standard InChI is InChI=1S/C17H22N4O5/c1-12(22)21(20-9-8-18-11-15(20)23)14-5-2-4-13(10-14)17(26)19-7-3-6-16(24)25/h2,4-5,10,18H,3,6-9,11H2,1H3,(H,19,26)(H,24,25). The van der Waals surface area contributed by atoms with Gasteiger partial charge >= 0.3 is 5.97 Å². The number of amides is 3. The summed E-state index contributed by atoms with van der Waals surface area (Å²) in [6.45, 7) is 2.66. The molecule has 3 N–H and O–H groups in total. The number of carboxylic acids is 1. The van der Waals surface area contributed by atoms with Gasteiger partial charge in [0, 0.05) is 32.0 Å². The molecule has 1 aromatic rings. The lowest BCUT2D eigenvalue weighted by Crippen LogP contribution is -2.57. The van der Waals surface area contributed by atoms with E-state index in [0.717, 1.165) is 0 Å². The fraction of sp³-hybridized carbons (Fsp3) is 0.412. The van der Waals surface area contributed by atoms with E-state index in [-0.39, 0.29) is 37.2 Å². The van der Waals surface area contributed by atoms with Crippen LogP contribution < -0.4 is 15.6 Å². The van der Waals surface area contributed by atoms with E-state index in [1.54, 1.807) is 18.2 Å². The lowest BCUT2D eigenvalue weighted by Gasteiger charge is -2.36. The van der Waals surface area contributed by atoms with Crippen LogP contribution in [-0.2, 0) is 14.4 Å². The van der Waals surface area contributed by atoms with Gasteiger partial charge in [0.15, 0.2) is 0 Å². The van der Waals surface area contributed by atoms with Gasteiger partial charge in [-0.15, -0.1) is 0 Å². The molecule has 0 saturated carbocycles. The average molecular weight is 362 g/mol. The van der Waals surface area contributed by atoms with Gasteiger partial charge in [0.25, 0.3) is 11.8 Å². The van der Waals surface area contributed by atoms with Gasteiger partial charge in [0.1, 0.15) is 0 Å². The van der Waals surface area contributed by atoms with Crippen LogP contribution in [0, 0.1) is 0 Å². The molecule has 0 radical (unpaired) electrons. The second kappa shape index (κ2) is 8.95. The molecule has 3 amide bonds. The van der Waals surface area contributed by atoms with E-state index in [0.29, 0.717) is 30.8 Å². The van der Waals surface area contributed by atoms with Crippen molar-refractivity contribution in [1.29, 1.82) is 0 Å². The molecule has 9 heteroatoms. The fourth-order valence-electron chi connectivity index (χ4n) is 2.62. The van der Waals surface area contributed by atoms with Crippen LogP contribution in [0.15, 0.2) is 24.3 Å². The zero-order valence-electron chi connectivity index (χ0n) is 14.5. The van der Waals surface area contributed by atoms with Crippen LogP contribution in [0.2, 0.25) is 0 Å². The van der Waals surface area contributed by atoms with Gasteiger partial charge in [-0.3, -0.25) is 19.2 Å². The van der Waals surface area contributed by atoms with Crippen molar-refractivity contribution in [3.8, 4) is 0 Å². The Morgan fingerprint density at radius 3 is 2.77 bits per heavy atom. The third kappa shape index (κ3) is 5.03. The number of benzene rings is 1. The molecule has 1 saturated heterocycles. The molecular weight excluding hydrogens is 340 g/mol. The third-order valence-corrected chi connectivity index (χ3v) is 3.81. The van der Waals surface area contributed by atoms with E-state index in [1.165, 1.54) is 23.0 Å². The second-order valence-electron chi connectivity index (χ2n) is 5.83. The second-order valence-corrected chi connectivity index (χ2v) is 5.83. The summed E-state index contributed by atoms with van der Waals surface area (Å²) in [5, 5.41) is 16.8. The number of hydrogen-bond acceptors (Lipinski definition) is 5. The predicted molar refractivity (Wildman–Crippen MR) is 93.4 cm³/mol. The van der Waals surface area contributed by atoms with Gasteiger partial charge in [-0.25, -0.2) is 10.0 Å². The predicted octanol–water partition coefficient (Wildman–Crippen LogP) is -0.0191. The zero-order chi connectivity index (χ0) is 19.1. The number of carboxylic acid groups (broad SMARTS) is 1. The molecule has 0 spiro atoms. The maximum atomic E-state index is 12.2. The van der Waals surface area contributed by atoms with Crippen molar-refractivity contribution in [1.82, 2.24) is 15.6 Å². The van der Waals surface area contributed by atoms with E-state index in [2.05, 4.69) is 10.6 Å². The topological polar surface area (TPSA) is 119 Å². The first kappa shape index (κ1) is 19.4. The molecule has 0 unspecified atom stereocenters. The molecular formula is C17H22N4O5. The normalized spacial score (nSPS) is 14.0. The van der Waals surface area contributed by atoms with E-state index >= 15 is 0 Å². The maximum Gasteiger partial charge on any atom is 0.303 e. The van der Waals surface area contributed by atoms with Crippen molar-refractivity contribution in [3.05, 3.63) is 29.8 Å². The molecule has 1 fully saturated rings. The Labute approximate surface area is 150 Å². The van der Waals surface area contributed by atoms with Crippen molar-refractivity contribution < 1.29 is 24.3 Å². The Morgan fingerprint density at radius 2 is 2.12 bits per heavy atom. The minimum Gasteiger partial charge on any atom is -0.481 e. The number of nitrogens with one attached hydrogen (secondary N) is 2. The number of hydrazine groups is 1. The van der Waals surface area contributed by atoms with Crippen molar-refractivity contribution >= 4 is 29.4 Å². The van der Waals surface area contributed by atoms with Crippen LogP contribution in [0.4, 0.5) is 5.69 Å². The first-order chi connectivity index (χ1) is 12.4. The number of nitrogens with zero attached hydrogens (tertiary/aromatic N) is 2. The van der Waals surface area contributed by atoms with Crippen molar-refractivity contribution in [2.24, 2.45) is 0 Å². The van der Waals surface area contributed by atoms with Gasteiger partial charge in [-0.2, -0.15) is 0 Å². The summed E-state index contributed by atoms with van der Waals surface area (Å²) < 4.78 is 0. The summed E-state index contributed by atoms with van der Waals surface area (Å²) >= 11 is 0. The number of aliphatic carboxylic acids is 1. The van der Waals surface area contributed by atoms with Gasteiger partial charge in [0.05, 0.1) is 18.8 Å². The monoisotopic (exact) mass is 362 g/mol. The summed E-state index contributed by atoms with van der Waals surface area (Å²) in [5.74, 6) is -1.85. The van der Waals surface area contributed by atoms with Crippen LogP contribution in [0.25, 0.3) is 0 Å².